The Morgan fingerprint density at radius 2 is 2.03 bits per heavy atom. The molecule has 2 aromatic rings. The highest BCUT2D eigenvalue weighted by Gasteiger charge is 2.30. The number of carbonyl (C=O) groups excluding carboxylic acids is 1. The van der Waals surface area contributed by atoms with E-state index in [2.05, 4.69) is 23.2 Å². The van der Waals surface area contributed by atoms with Gasteiger partial charge in [-0.25, -0.2) is 8.42 Å². The summed E-state index contributed by atoms with van der Waals surface area (Å²) in [5.41, 5.74) is 2.23. The summed E-state index contributed by atoms with van der Waals surface area (Å²) in [7, 11) is -1.02. The van der Waals surface area contributed by atoms with E-state index < -0.39 is 9.84 Å². The van der Waals surface area contributed by atoms with Crippen LogP contribution >= 0.6 is 11.8 Å². The normalized spacial score (nSPS) is 23.2. The van der Waals surface area contributed by atoms with Gasteiger partial charge in [-0.2, -0.15) is 0 Å². The highest BCUT2D eigenvalue weighted by atomic mass is 32.2. The summed E-state index contributed by atoms with van der Waals surface area (Å²) in [4.78, 5) is 14.9. The van der Waals surface area contributed by atoms with E-state index in [4.69, 9.17) is 0 Å². The molecule has 0 radical (unpaired) electrons. The maximum absolute atomic E-state index is 13.0. The fourth-order valence-corrected chi connectivity index (χ4v) is 6.85. The van der Waals surface area contributed by atoms with Crippen molar-refractivity contribution in [3.8, 4) is 0 Å². The minimum atomic E-state index is -2.90. The number of carbonyl (C=O) groups is 1. The van der Waals surface area contributed by atoms with Crippen LogP contribution in [0.25, 0.3) is 0 Å². The Hall–Kier alpha value is -1.87. The van der Waals surface area contributed by atoms with Gasteiger partial charge in [0.2, 0.25) is 5.91 Å². The van der Waals surface area contributed by atoms with Crippen molar-refractivity contribution in [1.82, 2.24) is 14.8 Å². The molecule has 0 N–H and O–H groups in total. The van der Waals surface area contributed by atoms with Gasteiger partial charge in [-0.15, -0.1) is 10.2 Å². The number of hydrogen-bond acceptors (Lipinski definition) is 6. The van der Waals surface area contributed by atoms with Gasteiger partial charge in [-0.3, -0.25) is 4.79 Å². The van der Waals surface area contributed by atoms with Crippen LogP contribution in [0.1, 0.15) is 31.2 Å². The Labute approximate surface area is 175 Å². The van der Waals surface area contributed by atoms with Crippen molar-refractivity contribution in [3.63, 3.8) is 0 Å². The lowest BCUT2D eigenvalue weighted by Gasteiger charge is -2.35. The zero-order valence-corrected chi connectivity index (χ0v) is 18.4. The van der Waals surface area contributed by atoms with Crippen LogP contribution < -0.4 is 4.90 Å². The maximum atomic E-state index is 13.0. The number of benzene rings is 1. The quantitative estimate of drug-likeness (QED) is 0.671. The monoisotopic (exact) mass is 434 g/mol. The first-order chi connectivity index (χ1) is 13.8. The second-order valence-corrected chi connectivity index (χ2v) is 11.2. The average Bonchev–Trinajstić information content (AvgIpc) is 3.21. The highest BCUT2D eigenvalue weighted by Crippen LogP contribution is 2.31. The Morgan fingerprint density at radius 3 is 2.79 bits per heavy atom. The van der Waals surface area contributed by atoms with Crippen LogP contribution in [0.15, 0.2) is 29.4 Å². The summed E-state index contributed by atoms with van der Waals surface area (Å²) in [6, 6.07) is 8.28. The highest BCUT2D eigenvalue weighted by molar-refractivity contribution is 7.99. The van der Waals surface area contributed by atoms with Gasteiger partial charge in [0.25, 0.3) is 0 Å². The van der Waals surface area contributed by atoms with Crippen molar-refractivity contribution < 1.29 is 13.2 Å². The molecule has 0 aliphatic carbocycles. The first-order valence-electron chi connectivity index (χ1n) is 9.95. The smallest absolute Gasteiger partial charge is 0.237 e. The number of fused-ring (bicyclic) bond motifs is 1. The number of aromatic nitrogens is 3. The van der Waals surface area contributed by atoms with E-state index in [1.54, 1.807) is 0 Å². The number of anilines is 1. The molecule has 2 unspecified atom stereocenters. The lowest BCUT2D eigenvalue weighted by atomic mass is 9.97. The van der Waals surface area contributed by atoms with Crippen LogP contribution in [-0.4, -0.2) is 52.4 Å². The predicted molar refractivity (Wildman–Crippen MR) is 114 cm³/mol. The van der Waals surface area contributed by atoms with Gasteiger partial charge < -0.3 is 9.47 Å². The second kappa shape index (κ2) is 8.10. The van der Waals surface area contributed by atoms with Crippen LogP contribution in [0.4, 0.5) is 5.69 Å². The van der Waals surface area contributed by atoms with E-state index in [0.717, 1.165) is 24.4 Å². The van der Waals surface area contributed by atoms with Crippen LogP contribution in [0.5, 0.6) is 0 Å². The number of hydrogen-bond donors (Lipinski definition) is 0. The zero-order chi connectivity index (χ0) is 20.6. The van der Waals surface area contributed by atoms with Crippen molar-refractivity contribution in [1.29, 1.82) is 0 Å². The zero-order valence-electron chi connectivity index (χ0n) is 16.7. The summed E-state index contributed by atoms with van der Waals surface area (Å²) < 4.78 is 25.2. The molecular formula is C20H26N4O3S2. The third kappa shape index (κ3) is 4.35. The van der Waals surface area contributed by atoms with Gasteiger partial charge >= 0.3 is 0 Å². The number of para-hydroxylation sites is 1. The van der Waals surface area contributed by atoms with Crippen molar-refractivity contribution in [3.05, 3.63) is 35.7 Å². The van der Waals surface area contributed by atoms with Gasteiger partial charge in [0.05, 0.1) is 17.3 Å². The molecule has 1 fully saturated rings. The van der Waals surface area contributed by atoms with Gasteiger partial charge in [-0.1, -0.05) is 30.0 Å². The molecule has 2 aliphatic heterocycles. The summed E-state index contributed by atoms with van der Waals surface area (Å²) in [5.74, 6) is 1.74. The molecule has 3 heterocycles. The van der Waals surface area contributed by atoms with E-state index >= 15 is 0 Å². The summed E-state index contributed by atoms with van der Waals surface area (Å²) in [6.45, 7) is 2.09. The Kier molecular flexibility index (Phi) is 5.70. The standard InChI is InChI=1S/C20H26N4O3S2/c1-14-7-8-16-5-3-4-6-17(16)24(14)19(25)12-28-20-22-21-18(23(20)2)11-15-9-10-29(26,27)13-15/h3-6,14-15H,7-13H2,1-2H3. The molecule has 1 amide bonds. The largest absolute Gasteiger partial charge is 0.309 e. The van der Waals surface area contributed by atoms with Crippen molar-refractivity contribution in [2.75, 3.05) is 22.2 Å². The SMILES string of the molecule is CC1CCc2ccccc2N1C(=O)CSc1nnc(CC2CCS(=O)(=O)C2)n1C. The van der Waals surface area contributed by atoms with E-state index in [1.165, 1.54) is 17.3 Å². The molecule has 0 bridgehead atoms. The number of amides is 1. The predicted octanol–water partition coefficient (Wildman–Crippen LogP) is 2.25. The minimum Gasteiger partial charge on any atom is -0.309 e. The Balaban J connectivity index is 1.41. The molecule has 1 saturated heterocycles. The number of nitrogens with zero attached hydrogens (tertiary/aromatic N) is 4. The molecule has 0 spiro atoms. The minimum absolute atomic E-state index is 0.0705. The lowest BCUT2D eigenvalue weighted by molar-refractivity contribution is -0.116. The third-order valence-electron chi connectivity index (χ3n) is 5.84. The van der Waals surface area contributed by atoms with E-state index in [-0.39, 0.29) is 29.4 Å². The Morgan fingerprint density at radius 1 is 1.24 bits per heavy atom. The van der Waals surface area contributed by atoms with Crippen molar-refractivity contribution in [2.45, 2.75) is 43.8 Å². The van der Waals surface area contributed by atoms with E-state index in [0.29, 0.717) is 23.8 Å². The second-order valence-electron chi connectivity index (χ2n) is 8.00. The molecule has 4 rings (SSSR count). The first kappa shape index (κ1) is 20.4. The maximum Gasteiger partial charge on any atom is 0.237 e. The molecule has 2 atom stereocenters. The van der Waals surface area contributed by atoms with Crippen LogP contribution in [0.3, 0.4) is 0 Å². The third-order valence-corrected chi connectivity index (χ3v) is 8.68. The van der Waals surface area contributed by atoms with Crippen LogP contribution in [0.2, 0.25) is 0 Å². The summed E-state index contributed by atoms with van der Waals surface area (Å²) >= 11 is 1.38. The molecule has 156 valence electrons. The molecule has 29 heavy (non-hydrogen) atoms. The molecular weight excluding hydrogens is 408 g/mol. The first-order valence-corrected chi connectivity index (χ1v) is 12.8. The van der Waals surface area contributed by atoms with E-state index in [9.17, 15) is 13.2 Å². The molecule has 2 aliphatic rings. The number of aryl methyl sites for hydroxylation is 1. The number of sulfone groups is 1. The van der Waals surface area contributed by atoms with Crippen LogP contribution in [0, 0.1) is 5.92 Å². The Bertz CT molecular complexity index is 1020. The van der Waals surface area contributed by atoms with Crippen molar-refractivity contribution in [2.24, 2.45) is 13.0 Å². The molecule has 1 aromatic heterocycles. The van der Waals surface area contributed by atoms with Gasteiger partial charge in [0.1, 0.15) is 5.82 Å². The number of rotatable bonds is 5. The molecule has 1 aromatic carbocycles. The fraction of sp³-hybridized carbons (Fsp3) is 0.550. The lowest BCUT2D eigenvalue weighted by Crippen LogP contribution is -2.43. The molecule has 0 saturated carbocycles. The van der Waals surface area contributed by atoms with Crippen molar-refractivity contribution >= 4 is 33.2 Å². The molecule has 7 nitrogen and oxygen atoms in total. The summed E-state index contributed by atoms with van der Waals surface area (Å²) in [5, 5.41) is 9.16. The van der Waals surface area contributed by atoms with E-state index in [1.807, 2.05) is 34.7 Å². The topological polar surface area (TPSA) is 85.2 Å². The van der Waals surface area contributed by atoms with Gasteiger partial charge in [-0.05, 0) is 43.7 Å². The molecule has 9 heteroatoms. The fourth-order valence-electron chi connectivity index (χ4n) is 4.20. The van der Waals surface area contributed by atoms with Gasteiger partial charge in [0.15, 0.2) is 15.0 Å². The number of thioether (sulfide) groups is 1. The van der Waals surface area contributed by atoms with Gasteiger partial charge in [0, 0.05) is 25.2 Å². The van der Waals surface area contributed by atoms with Crippen LogP contribution in [-0.2, 0) is 34.5 Å². The average molecular weight is 435 g/mol. The summed E-state index contributed by atoms with van der Waals surface area (Å²) in [6.07, 6.45) is 3.25.